The van der Waals surface area contributed by atoms with Crippen LogP contribution >= 0.6 is 15.8 Å². The first-order valence-corrected chi connectivity index (χ1v) is 23.5. The third-order valence-corrected chi connectivity index (χ3v) is 15.4. The number of carbonyl (C=O) groups excluding carboxylic acids is 4. The first kappa shape index (κ1) is 43.2. The molecule has 0 aliphatic heterocycles. The number of rotatable bonds is 15. The van der Waals surface area contributed by atoms with Gasteiger partial charge in [-0.2, -0.15) is 0 Å². The molecule has 0 bridgehead atoms. The summed E-state index contributed by atoms with van der Waals surface area (Å²) in [7, 11) is -2.02. The second-order valence-electron chi connectivity index (χ2n) is 14.3. The van der Waals surface area contributed by atoms with Gasteiger partial charge in [-0.25, -0.2) is 19.2 Å². The predicted molar refractivity (Wildman–Crippen MR) is 253 cm³/mol. The van der Waals surface area contributed by atoms with Crippen LogP contribution in [0.25, 0.3) is 0 Å². The smallest absolute Gasteiger partial charge is 0.343 e. The van der Waals surface area contributed by atoms with Crippen molar-refractivity contribution in [3.8, 4) is 23.0 Å². The van der Waals surface area contributed by atoms with Gasteiger partial charge in [0.15, 0.2) is 0 Å². The molecule has 314 valence electrons. The van der Waals surface area contributed by atoms with Crippen molar-refractivity contribution in [3.05, 3.63) is 241 Å². The first-order chi connectivity index (χ1) is 31.4. The van der Waals surface area contributed by atoms with E-state index in [2.05, 4.69) is 0 Å². The van der Waals surface area contributed by atoms with Gasteiger partial charge in [0, 0.05) is 0 Å². The molecule has 0 amide bonds. The van der Waals surface area contributed by atoms with Crippen molar-refractivity contribution in [3.63, 3.8) is 0 Å². The highest BCUT2D eigenvalue weighted by molar-refractivity contribution is 7.76. The highest BCUT2D eigenvalue weighted by atomic mass is 31.1. The Balaban J connectivity index is 1.07. The van der Waals surface area contributed by atoms with Gasteiger partial charge in [0.1, 0.15) is 23.0 Å². The number of benzene rings is 8. The van der Waals surface area contributed by atoms with Crippen molar-refractivity contribution in [2.24, 2.45) is 0 Å². The molecule has 8 aromatic rings. The van der Waals surface area contributed by atoms with Crippen LogP contribution in [0.2, 0.25) is 0 Å². The monoisotopic (exact) mass is 878 g/mol. The maximum atomic E-state index is 12.9. The second-order valence-corrected chi connectivity index (χ2v) is 19.0. The lowest BCUT2D eigenvalue weighted by Gasteiger charge is -2.24. The summed E-state index contributed by atoms with van der Waals surface area (Å²) in [5, 5.41) is 4.24. The van der Waals surface area contributed by atoms with E-state index in [0.29, 0.717) is 45.3 Å². The van der Waals surface area contributed by atoms with E-state index in [0.717, 1.165) is 33.5 Å². The Hall–Kier alpha value is -7.50. The number of ether oxygens (including phenoxy) is 4. The number of carbonyl (C=O) groups is 4. The molecule has 0 unspecified atom stereocenters. The van der Waals surface area contributed by atoms with Crippen molar-refractivity contribution in [1.29, 1.82) is 0 Å². The van der Waals surface area contributed by atoms with Crippen LogP contribution < -0.4 is 40.2 Å². The van der Waals surface area contributed by atoms with Crippen LogP contribution in [-0.2, 0) is 0 Å². The summed E-state index contributed by atoms with van der Waals surface area (Å²) in [6.07, 6.45) is 1.51. The summed E-state index contributed by atoms with van der Waals surface area (Å²) < 4.78 is 22.9. The fourth-order valence-electron chi connectivity index (χ4n) is 6.75. The Labute approximate surface area is 373 Å². The maximum Gasteiger partial charge on any atom is 0.343 e. The SMILES string of the molecule is O=C(Oc1ccc(P(CCP(c2ccc(OC(=O)c3ccccc3)cc2)c2ccc(OC(=O)c3ccccc3)cc2)c2ccc(OC(=O)c3ccccc3)cc2)cc1)c1ccccc1. The number of hydrogen-bond acceptors (Lipinski definition) is 8. The molecular formula is C54H40O8P2. The average Bonchev–Trinajstić information content (AvgIpc) is 3.35. The molecule has 0 heterocycles. The Morgan fingerprint density at radius 2 is 0.453 bits per heavy atom. The third-order valence-electron chi connectivity index (χ3n) is 10.0. The molecule has 8 rings (SSSR count). The average molecular weight is 879 g/mol. The van der Waals surface area contributed by atoms with E-state index >= 15 is 0 Å². The molecule has 8 nitrogen and oxygen atoms in total. The summed E-state index contributed by atoms with van der Waals surface area (Å²) >= 11 is 0. The molecule has 0 aliphatic rings. The summed E-state index contributed by atoms with van der Waals surface area (Å²) in [6.45, 7) is 0. The van der Waals surface area contributed by atoms with Gasteiger partial charge in [0.2, 0.25) is 0 Å². The molecular weight excluding hydrogens is 839 g/mol. The lowest BCUT2D eigenvalue weighted by atomic mass is 10.2. The van der Waals surface area contributed by atoms with E-state index < -0.39 is 39.7 Å². The molecule has 0 saturated carbocycles. The first-order valence-electron chi connectivity index (χ1n) is 20.4. The summed E-state index contributed by atoms with van der Waals surface area (Å²) in [5.74, 6) is -0.0456. The van der Waals surface area contributed by atoms with Gasteiger partial charge in [-0.15, -0.1) is 0 Å². The molecule has 0 aromatic heterocycles. The minimum Gasteiger partial charge on any atom is -0.423 e. The fraction of sp³-hybridized carbons (Fsp3) is 0.0370. The summed E-state index contributed by atoms with van der Waals surface area (Å²) in [5.41, 5.74) is 1.83. The zero-order valence-electron chi connectivity index (χ0n) is 34.4. The Morgan fingerprint density at radius 1 is 0.266 bits per heavy atom. The van der Waals surface area contributed by atoms with E-state index in [1.54, 1.807) is 97.1 Å². The molecule has 0 spiro atoms. The van der Waals surface area contributed by atoms with Crippen molar-refractivity contribution in [1.82, 2.24) is 0 Å². The number of esters is 4. The van der Waals surface area contributed by atoms with Gasteiger partial charge in [-0.1, -0.05) is 121 Å². The van der Waals surface area contributed by atoms with Crippen molar-refractivity contribution in [2.75, 3.05) is 12.3 Å². The van der Waals surface area contributed by atoms with Gasteiger partial charge >= 0.3 is 23.9 Å². The Morgan fingerprint density at radius 3 is 0.641 bits per heavy atom. The van der Waals surface area contributed by atoms with Crippen molar-refractivity contribution >= 4 is 60.9 Å². The summed E-state index contributed by atoms with van der Waals surface area (Å²) in [4.78, 5) is 51.5. The Bertz CT molecular complexity index is 2410. The highest BCUT2D eigenvalue weighted by Crippen LogP contribution is 2.42. The lowest BCUT2D eigenvalue weighted by molar-refractivity contribution is 0.0725. The number of hydrogen-bond donors (Lipinski definition) is 0. The molecule has 0 aliphatic carbocycles. The molecule has 8 aromatic carbocycles. The molecule has 10 heteroatoms. The largest absolute Gasteiger partial charge is 0.423 e. The van der Waals surface area contributed by atoms with Crippen LogP contribution in [0.15, 0.2) is 218 Å². The van der Waals surface area contributed by atoms with Crippen LogP contribution in [0.5, 0.6) is 23.0 Å². The van der Waals surface area contributed by atoms with Crippen LogP contribution in [0, 0.1) is 0 Å². The minimum absolute atomic E-state index is 0.430. The van der Waals surface area contributed by atoms with Crippen LogP contribution in [0.3, 0.4) is 0 Å². The zero-order chi connectivity index (χ0) is 44.1. The van der Waals surface area contributed by atoms with Gasteiger partial charge in [-0.05, 0) is 146 Å². The molecule has 64 heavy (non-hydrogen) atoms. The lowest BCUT2D eigenvalue weighted by Crippen LogP contribution is -2.20. The molecule has 0 fully saturated rings. The normalized spacial score (nSPS) is 10.8. The van der Waals surface area contributed by atoms with Gasteiger partial charge in [0.05, 0.1) is 22.3 Å². The molecule has 0 radical (unpaired) electrons. The van der Waals surface area contributed by atoms with E-state index in [4.69, 9.17) is 18.9 Å². The van der Waals surface area contributed by atoms with Gasteiger partial charge in [-0.3, -0.25) is 0 Å². The summed E-state index contributed by atoms with van der Waals surface area (Å²) in [6, 6.07) is 65.9. The van der Waals surface area contributed by atoms with Gasteiger partial charge in [0.25, 0.3) is 0 Å². The van der Waals surface area contributed by atoms with Crippen LogP contribution in [-0.4, -0.2) is 36.2 Å². The highest BCUT2D eigenvalue weighted by Gasteiger charge is 2.22. The van der Waals surface area contributed by atoms with Crippen LogP contribution in [0.4, 0.5) is 0 Å². The van der Waals surface area contributed by atoms with E-state index in [1.807, 2.05) is 121 Å². The third kappa shape index (κ3) is 11.3. The second kappa shape index (κ2) is 21.0. The van der Waals surface area contributed by atoms with Gasteiger partial charge < -0.3 is 18.9 Å². The standard InChI is InChI=1S/C54H40O8P2/c55-51(39-13-5-1-6-14-39)59-43-21-29-47(30-22-43)63(48-31-23-44(24-32-48)60-52(56)40-15-7-2-8-16-40)37-38-64(49-33-25-45(26-34-49)61-53(57)41-17-9-3-10-18-41)50-35-27-46(28-36-50)62-54(58)42-19-11-4-12-20-42/h1-36H,37-38H2. The van der Waals surface area contributed by atoms with Crippen molar-refractivity contribution < 1.29 is 38.1 Å². The van der Waals surface area contributed by atoms with Crippen molar-refractivity contribution in [2.45, 2.75) is 0 Å². The zero-order valence-corrected chi connectivity index (χ0v) is 36.1. The van der Waals surface area contributed by atoms with E-state index in [9.17, 15) is 19.2 Å². The predicted octanol–water partition coefficient (Wildman–Crippen LogP) is 10.1. The topological polar surface area (TPSA) is 105 Å². The Kier molecular flexibility index (Phi) is 14.2. The quantitative estimate of drug-likeness (QED) is 0.0570. The molecule has 0 saturated heterocycles. The molecule has 0 atom stereocenters. The van der Waals surface area contributed by atoms with E-state index in [1.165, 1.54) is 0 Å². The molecule has 0 N–H and O–H groups in total. The fourth-order valence-corrected chi connectivity index (χ4v) is 12.0. The van der Waals surface area contributed by atoms with Crippen LogP contribution in [0.1, 0.15) is 41.4 Å². The maximum absolute atomic E-state index is 12.9. The van der Waals surface area contributed by atoms with E-state index in [-0.39, 0.29) is 0 Å². The minimum atomic E-state index is -1.01.